The Kier molecular flexibility index (Phi) is 4.58. The van der Waals surface area contributed by atoms with Crippen molar-refractivity contribution in [2.24, 2.45) is 5.41 Å². The Morgan fingerprint density at radius 2 is 2.00 bits per heavy atom. The molecule has 0 radical (unpaired) electrons. The van der Waals surface area contributed by atoms with Gasteiger partial charge in [0.1, 0.15) is 0 Å². The normalized spacial score (nSPS) is 22.1. The lowest BCUT2D eigenvalue weighted by Gasteiger charge is -2.32. The minimum absolute atomic E-state index is 0.156. The Bertz CT molecular complexity index is 208. The maximum Gasteiger partial charge on any atom is 0.225 e. The number of carbonyl (C=O) groups is 1. The van der Waals surface area contributed by atoms with Crippen molar-refractivity contribution in [3.8, 4) is 0 Å². The predicted molar refractivity (Wildman–Crippen MR) is 60.5 cm³/mol. The molecule has 1 rings (SSSR count). The zero-order chi connectivity index (χ0) is 11.3. The molecule has 0 saturated heterocycles. The van der Waals surface area contributed by atoms with Crippen LogP contribution in [0.15, 0.2) is 0 Å². The number of aliphatic hydroxyl groups is 1. The SMILES string of the molecule is CC(O)CCNC(=O)C1(C)CCCCC1. The lowest BCUT2D eigenvalue weighted by molar-refractivity contribution is -0.131. The maximum atomic E-state index is 11.9. The van der Waals surface area contributed by atoms with Gasteiger partial charge in [0.15, 0.2) is 0 Å². The fourth-order valence-electron chi connectivity index (χ4n) is 2.17. The topological polar surface area (TPSA) is 49.3 Å². The molecule has 1 aliphatic carbocycles. The van der Waals surface area contributed by atoms with Crippen LogP contribution in [0, 0.1) is 5.41 Å². The molecule has 2 N–H and O–H groups in total. The third kappa shape index (κ3) is 3.82. The van der Waals surface area contributed by atoms with Crippen LogP contribution in [0.25, 0.3) is 0 Å². The second-order valence-electron chi connectivity index (χ2n) is 5.01. The average molecular weight is 213 g/mol. The van der Waals surface area contributed by atoms with E-state index in [1.807, 2.05) is 0 Å². The fraction of sp³-hybridized carbons (Fsp3) is 0.917. The minimum atomic E-state index is -0.329. The molecular formula is C12H23NO2. The summed E-state index contributed by atoms with van der Waals surface area (Å²) in [5.74, 6) is 0.169. The van der Waals surface area contributed by atoms with Crippen molar-refractivity contribution in [1.29, 1.82) is 0 Å². The highest BCUT2D eigenvalue weighted by atomic mass is 16.3. The second-order valence-corrected chi connectivity index (χ2v) is 5.01. The lowest BCUT2D eigenvalue weighted by Crippen LogP contribution is -2.41. The van der Waals surface area contributed by atoms with Gasteiger partial charge < -0.3 is 10.4 Å². The third-order valence-corrected chi connectivity index (χ3v) is 3.35. The summed E-state index contributed by atoms with van der Waals surface area (Å²) in [7, 11) is 0. The van der Waals surface area contributed by atoms with Crippen molar-refractivity contribution in [2.75, 3.05) is 6.54 Å². The van der Waals surface area contributed by atoms with E-state index in [4.69, 9.17) is 5.11 Å². The molecule has 15 heavy (non-hydrogen) atoms. The first-order valence-electron chi connectivity index (χ1n) is 6.01. The molecule has 0 aromatic rings. The van der Waals surface area contributed by atoms with E-state index in [0.717, 1.165) is 12.8 Å². The third-order valence-electron chi connectivity index (χ3n) is 3.35. The average Bonchev–Trinajstić information content (AvgIpc) is 2.18. The number of rotatable bonds is 4. The molecule has 1 fully saturated rings. The van der Waals surface area contributed by atoms with Crippen LogP contribution in [-0.2, 0) is 4.79 Å². The maximum absolute atomic E-state index is 11.9. The Balaban J connectivity index is 2.31. The number of aliphatic hydroxyl groups excluding tert-OH is 1. The molecule has 3 nitrogen and oxygen atoms in total. The highest BCUT2D eigenvalue weighted by Gasteiger charge is 2.33. The highest BCUT2D eigenvalue weighted by Crippen LogP contribution is 2.35. The molecule has 1 aliphatic rings. The Morgan fingerprint density at radius 1 is 1.40 bits per heavy atom. The quantitative estimate of drug-likeness (QED) is 0.748. The standard InChI is InChI=1S/C12H23NO2/c1-10(14)6-9-13-11(15)12(2)7-4-3-5-8-12/h10,14H,3-9H2,1-2H3,(H,13,15). The van der Waals surface area contributed by atoms with Crippen LogP contribution in [0.5, 0.6) is 0 Å². The molecule has 0 aliphatic heterocycles. The van der Waals surface area contributed by atoms with E-state index in [2.05, 4.69) is 12.2 Å². The Hall–Kier alpha value is -0.570. The van der Waals surface area contributed by atoms with Crippen molar-refractivity contribution >= 4 is 5.91 Å². The molecule has 0 spiro atoms. The van der Waals surface area contributed by atoms with Gasteiger partial charge in [-0.2, -0.15) is 0 Å². The summed E-state index contributed by atoms with van der Waals surface area (Å²) in [4.78, 5) is 11.9. The first-order valence-corrected chi connectivity index (χ1v) is 6.01. The fourth-order valence-corrected chi connectivity index (χ4v) is 2.17. The second kappa shape index (κ2) is 5.50. The van der Waals surface area contributed by atoms with Gasteiger partial charge in [0, 0.05) is 12.0 Å². The van der Waals surface area contributed by atoms with Gasteiger partial charge >= 0.3 is 0 Å². The summed E-state index contributed by atoms with van der Waals surface area (Å²) in [5.41, 5.74) is -0.156. The molecular weight excluding hydrogens is 190 g/mol. The molecule has 1 amide bonds. The summed E-state index contributed by atoms with van der Waals surface area (Å²) in [6, 6.07) is 0. The first-order chi connectivity index (χ1) is 7.04. The number of hydrogen-bond donors (Lipinski definition) is 2. The van der Waals surface area contributed by atoms with Gasteiger partial charge in [0.25, 0.3) is 0 Å². The largest absolute Gasteiger partial charge is 0.393 e. The molecule has 0 bridgehead atoms. The number of amides is 1. The highest BCUT2D eigenvalue weighted by molar-refractivity contribution is 5.82. The molecule has 1 saturated carbocycles. The smallest absolute Gasteiger partial charge is 0.225 e. The number of hydrogen-bond acceptors (Lipinski definition) is 2. The number of nitrogens with one attached hydrogen (secondary N) is 1. The Labute approximate surface area is 92.3 Å². The van der Waals surface area contributed by atoms with Crippen LogP contribution in [0.4, 0.5) is 0 Å². The Morgan fingerprint density at radius 3 is 2.53 bits per heavy atom. The molecule has 1 unspecified atom stereocenters. The van der Waals surface area contributed by atoms with Gasteiger partial charge in [-0.3, -0.25) is 4.79 Å². The first kappa shape index (κ1) is 12.5. The molecule has 0 aromatic heterocycles. The van der Waals surface area contributed by atoms with Gasteiger partial charge in [-0.15, -0.1) is 0 Å². The summed E-state index contributed by atoms with van der Waals surface area (Å²) < 4.78 is 0. The summed E-state index contributed by atoms with van der Waals surface area (Å²) >= 11 is 0. The summed E-state index contributed by atoms with van der Waals surface area (Å²) in [6.07, 6.45) is 5.92. The van der Waals surface area contributed by atoms with Crippen LogP contribution >= 0.6 is 0 Å². The van der Waals surface area contributed by atoms with Gasteiger partial charge in [-0.05, 0) is 26.2 Å². The summed E-state index contributed by atoms with van der Waals surface area (Å²) in [5, 5.41) is 12.0. The van der Waals surface area contributed by atoms with Gasteiger partial charge in [-0.1, -0.05) is 26.2 Å². The summed E-state index contributed by atoms with van der Waals surface area (Å²) in [6.45, 7) is 4.39. The van der Waals surface area contributed by atoms with E-state index in [1.54, 1.807) is 6.92 Å². The van der Waals surface area contributed by atoms with Crippen LogP contribution in [0.2, 0.25) is 0 Å². The van der Waals surface area contributed by atoms with E-state index >= 15 is 0 Å². The van der Waals surface area contributed by atoms with Crippen LogP contribution in [0.1, 0.15) is 52.4 Å². The van der Waals surface area contributed by atoms with Crippen molar-refractivity contribution in [3.63, 3.8) is 0 Å². The van der Waals surface area contributed by atoms with Crippen molar-refractivity contribution < 1.29 is 9.90 Å². The zero-order valence-electron chi connectivity index (χ0n) is 9.88. The number of carbonyl (C=O) groups excluding carboxylic acids is 1. The van der Waals surface area contributed by atoms with E-state index in [9.17, 15) is 4.79 Å². The van der Waals surface area contributed by atoms with E-state index in [0.29, 0.717) is 13.0 Å². The predicted octanol–water partition coefficient (Wildman–Crippen LogP) is 1.84. The van der Waals surface area contributed by atoms with Crippen molar-refractivity contribution in [1.82, 2.24) is 5.32 Å². The molecule has 3 heteroatoms. The molecule has 0 heterocycles. The van der Waals surface area contributed by atoms with E-state index < -0.39 is 0 Å². The van der Waals surface area contributed by atoms with Gasteiger partial charge in [-0.25, -0.2) is 0 Å². The van der Waals surface area contributed by atoms with Crippen LogP contribution in [0.3, 0.4) is 0 Å². The van der Waals surface area contributed by atoms with E-state index in [1.165, 1.54) is 19.3 Å². The van der Waals surface area contributed by atoms with Gasteiger partial charge in [0.2, 0.25) is 5.91 Å². The van der Waals surface area contributed by atoms with Crippen LogP contribution < -0.4 is 5.32 Å². The van der Waals surface area contributed by atoms with Crippen molar-refractivity contribution in [2.45, 2.75) is 58.5 Å². The zero-order valence-corrected chi connectivity index (χ0v) is 9.88. The molecule has 1 atom stereocenters. The minimum Gasteiger partial charge on any atom is -0.393 e. The monoisotopic (exact) mass is 213 g/mol. The van der Waals surface area contributed by atoms with Crippen molar-refractivity contribution in [3.05, 3.63) is 0 Å². The van der Waals surface area contributed by atoms with E-state index in [-0.39, 0.29) is 17.4 Å². The van der Waals surface area contributed by atoms with Gasteiger partial charge in [0.05, 0.1) is 6.10 Å². The molecule has 88 valence electrons. The lowest BCUT2D eigenvalue weighted by atomic mass is 9.75. The van der Waals surface area contributed by atoms with Crippen LogP contribution in [-0.4, -0.2) is 23.7 Å². The molecule has 0 aromatic carbocycles.